The van der Waals surface area contributed by atoms with Crippen molar-refractivity contribution in [2.24, 2.45) is 0 Å². The number of hydrogen-bond acceptors (Lipinski definition) is 2. The standard InChI is InChI=1S/C8H19O2Si.HI.Mg/c1-6-11(9-7(2)3)10-8(4)5;;/h7-8,11H,1,6H2,2-5H3;1H;/q-1;;+2/p-1. The monoisotopic (exact) mass is 326 g/mol. The van der Waals surface area contributed by atoms with Gasteiger partial charge in [0.05, 0.1) is 0 Å². The fraction of sp³-hybridized carbons (Fsp3) is 0.875. The first kappa shape index (κ1) is 20.1. The van der Waals surface area contributed by atoms with Crippen molar-refractivity contribution in [3.05, 3.63) is 6.92 Å². The first-order valence-corrected chi connectivity index (χ1v) is 5.92. The minimum absolute atomic E-state index is 0. The third-order valence-corrected chi connectivity index (χ3v) is 3.25. The van der Waals surface area contributed by atoms with E-state index in [-0.39, 0.29) is 59.2 Å². The summed E-state index contributed by atoms with van der Waals surface area (Å²) >= 11 is 0. The van der Waals surface area contributed by atoms with E-state index in [1.54, 1.807) is 0 Å². The Bertz CT molecular complexity index is 94.1. The van der Waals surface area contributed by atoms with E-state index in [2.05, 4.69) is 6.92 Å². The van der Waals surface area contributed by atoms with Crippen molar-refractivity contribution >= 4 is 32.3 Å². The summed E-state index contributed by atoms with van der Waals surface area (Å²) < 4.78 is 11.1. The molecule has 0 fully saturated rings. The number of rotatable bonds is 5. The molecule has 2 nitrogen and oxygen atoms in total. The second-order valence-electron chi connectivity index (χ2n) is 3.09. The fourth-order valence-electron chi connectivity index (χ4n) is 0.775. The molecule has 0 radical (unpaired) electrons. The molecule has 0 heterocycles. The fourth-order valence-corrected chi connectivity index (χ4v) is 2.33. The van der Waals surface area contributed by atoms with Gasteiger partial charge in [-0.2, -0.15) is 0 Å². The van der Waals surface area contributed by atoms with Crippen LogP contribution in [-0.2, 0) is 8.85 Å². The van der Waals surface area contributed by atoms with Crippen LogP contribution in [0.2, 0.25) is 6.04 Å². The van der Waals surface area contributed by atoms with Gasteiger partial charge in [-0.05, 0) is 27.7 Å². The van der Waals surface area contributed by atoms with Crippen molar-refractivity contribution in [2.45, 2.75) is 45.9 Å². The van der Waals surface area contributed by atoms with Gasteiger partial charge >= 0.3 is 23.1 Å². The van der Waals surface area contributed by atoms with Gasteiger partial charge < -0.3 is 39.8 Å². The summed E-state index contributed by atoms with van der Waals surface area (Å²) in [6.45, 7) is 11.9. The van der Waals surface area contributed by atoms with Gasteiger partial charge in [0.15, 0.2) is 0 Å². The molecule has 0 amide bonds. The van der Waals surface area contributed by atoms with Gasteiger partial charge in [-0.1, -0.05) is 0 Å². The Morgan fingerprint density at radius 3 is 1.54 bits per heavy atom. The third-order valence-electron chi connectivity index (χ3n) is 1.08. The molecule has 5 heteroatoms. The zero-order valence-electron chi connectivity index (χ0n) is 9.05. The predicted octanol–water partition coefficient (Wildman–Crippen LogP) is -1.49. The van der Waals surface area contributed by atoms with Gasteiger partial charge in [0.25, 0.3) is 9.28 Å². The molecule has 0 saturated carbocycles. The molecule has 0 N–H and O–H groups in total. The molecular weight excluding hydrogens is 307 g/mol. The summed E-state index contributed by atoms with van der Waals surface area (Å²) in [5, 5.41) is 0. The zero-order chi connectivity index (χ0) is 8.85. The van der Waals surface area contributed by atoms with E-state index in [9.17, 15) is 0 Å². The van der Waals surface area contributed by atoms with E-state index in [4.69, 9.17) is 8.85 Å². The second-order valence-corrected chi connectivity index (χ2v) is 5.07. The molecule has 0 unspecified atom stereocenters. The molecule has 0 bridgehead atoms. The summed E-state index contributed by atoms with van der Waals surface area (Å²) in [7, 11) is -1.44. The maximum absolute atomic E-state index is 5.56. The average molecular weight is 327 g/mol. The summed E-state index contributed by atoms with van der Waals surface area (Å²) in [6, 6.07) is 0.802. The molecule has 76 valence electrons. The van der Waals surface area contributed by atoms with Crippen LogP contribution in [0.15, 0.2) is 0 Å². The third kappa shape index (κ3) is 13.6. The van der Waals surface area contributed by atoms with Gasteiger partial charge in [0.2, 0.25) is 0 Å². The van der Waals surface area contributed by atoms with E-state index < -0.39 is 9.28 Å². The summed E-state index contributed by atoms with van der Waals surface area (Å²) in [5.74, 6) is 0. The van der Waals surface area contributed by atoms with Gasteiger partial charge in [0, 0.05) is 12.2 Å². The van der Waals surface area contributed by atoms with Gasteiger partial charge in [-0.3, -0.25) is 0 Å². The van der Waals surface area contributed by atoms with Crippen LogP contribution < -0.4 is 24.0 Å². The normalized spacial score (nSPS) is 10.2. The smallest absolute Gasteiger partial charge is 1.00 e. The van der Waals surface area contributed by atoms with Crippen LogP contribution in [0.3, 0.4) is 0 Å². The average Bonchev–Trinajstić information content (AvgIpc) is 1.84. The molecule has 0 aliphatic rings. The minimum Gasteiger partial charge on any atom is -1.00 e. The first-order chi connectivity index (χ1) is 5.06. The largest absolute Gasteiger partial charge is 2.00 e. The molecule has 13 heavy (non-hydrogen) atoms. The van der Waals surface area contributed by atoms with E-state index in [0.29, 0.717) is 0 Å². The molecule has 0 aliphatic heterocycles. The van der Waals surface area contributed by atoms with Crippen molar-refractivity contribution in [3.8, 4) is 0 Å². The number of halogens is 1. The second kappa shape index (κ2) is 11.7. The quantitative estimate of drug-likeness (QED) is 0.348. The molecular formula is C8H19IMgO2Si. The van der Waals surface area contributed by atoms with E-state index in [1.165, 1.54) is 0 Å². The molecule has 0 aromatic rings. The topological polar surface area (TPSA) is 18.5 Å². The Kier molecular flexibility index (Phi) is 18.1. The number of hydrogen-bond donors (Lipinski definition) is 0. The Labute approximate surface area is 117 Å². The van der Waals surface area contributed by atoms with Crippen molar-refractivity contribution in [3.63, 3.8) is 0 Å². The first-order valence-electron chi connectivity index (χ1n) is 4.16. The SMILES string of the molecule is [CH2-]C[SiH](OC(C)C)OC(C)C.[I-].[Mg+2]. The summed E-state index contributed by atoms with van der Waals surface area (Å²) in [4.78, 5) is 0. The molecule has 0 aromatic carbocycles. The Morgan fingerprint density at radius 1 is 1.08 bits per heavy atom. The maximum atomic E-state index is 5.56. The Balaban J connectivity index is -0.000000500. The summed E-state index contributed by atoms with van der Waals surface area (Å²) in [5.41, 5.74) is 0. The molecule has 0 rings (SSSR count). The summed E-state index contributed by atoms with van der Waals surface area (Å²) in [6.07, 6.45) is 0.541. The van der Waals surface area contributed by atoms with Crippen molar-refractivity contribution in [2.75, 3.05) is 0 Å². The maximum Gasteiger partial charge on any atom is 2.00 e. The molecule has 0 aliphatic carbocycles. The van der Waals surface area contributed by atoms with Crippen LogP contribution in [0.5, 0.6) is 0 Å². The van der Waals surface area contributed by atoms with Crippen molar-refractivity contribution < 1.29 is 32.8 Å². The van der Waals surface area contributed by atoms with Crippen molar-refractivity contribution in [1.29, 1.82) is 0 Å². The minimum atomic E-state index is -1.44. The van der Waals surface area contributed by atoms with Crippen LogP contribution in [-0.4, -0.2) is 44.5 Å². The predicted molar refractivity (Wildman–Crippen MR) is 55.5 cm³/mol. The van der Waals surface area contributed by atoms with Gasteiger partial charge in [-0.25, -0.2) is 0 Å². The van der Waals surface area contributed by atoms with Crippen LogP contribution in [0.25, 0.3) is 0 Å². The van der Waals surface area contributed by atoms with Crippen molar-refractivity contribution in [1.82, 2.24) is 0 Å². The van der Waals surface area contributed by atoms with Crippen LogP contribution in [0.4, 0.5) is 0 Å². The van der Waals surface area contributed by atoms with Gasteiger partial charge in [-0.15, -0.1) is 6.04 Å². The Hall–Kier alpha value is 1.63. The van der Waals surface area contributed by atoms with E-state index >= 15 is 0 Å². The zero-order valence-corrected chi connectivity index (χ0v) is 13.8. The van der Waals surface area contributed by atoms with Crippen LogP contribution in [0.1, 0.15) is 27.7 Å². The molecule has 0 spiro atoms. The van der Waals surface area contributed by atoms with Gasteiger partial charge in [0.1, 0.15) is 0 Å². The van der Waals surface area contributed by atoms with E-state index in [0.717, 1.165) is 6.04 Å². The van der Waals surface area contributed by atoms with Crippen LogP contribution >= 0.6 is 0 Å². The molecule has 0 aromatic heterocycles. The van der Waals surface area contributed by atoms with Crippen LogP contribution in [0, 0.1) is 6.92 Å². The molecule has 0 atom stereocenters. The molecule has 0 saturated heterocycles. The van der Waals surface area contributed by atoms with E-state index in [1.807, 2.05) is 27.7 Å². The Morgan fingerprint density at radius 2 is 1.38 bits per heavy atom.